The van der Waals surface area contributed by atoms with Gasteiger partial charge in [0.15, 0.2) is 5.78 Å². The summed E-state index contributed by atoms with van der Waals surface area (Å²) in [5.74, 6) is 1.06. The largest absolute Gasteiger partial charge is 0.497 e. The first-order valence-corrected chi connectivity index (χ1v) is 9.45. The monoisotopic (exact) mass is 418 g/mol. The van der Waals surface area contributed by atoms with E-state index in [4.69, 9.17) is 18.9 Å². The molecule has 0 amide bonds. The van der Waals surface area contributed by atoms with E-state index in [-0.39, 0.29) is 11.3 Å². The lowest BCUT2D eigenvalue weighted by Crippen LogP contribution is -2.11. The minimum Gasteiger partial charge on any atom is -0.497 e. The Hall–Kier alpha value is -4.06. The maximum absolute atomic E-state index is 12.6. The molecule has 0 unspecified atom stereocenters. The summed E-state index contributed by atoms with van der Waals surface area (Å²) < 4.78 is 21.0. The highest BCUT2D eigenvalue weighted by molar-refractivity contribution is 6.06. The Morgan fingerprint density at radius 2 is 1.29 bits per heavy atom. The molecule has 0 heterocycles. The van der Waals surface area contributed by atoms with Crippen LogP contribution in [0.1, 0.15) is 26.3 Å². The topological polar surface area (TPSA) is 71.1 Å². The third-order valence-corrected chi connectivity index (χ3v) is 4.52. The van der Waals surface area contributed by atoms with Crippen LogP contribution in [0.25, 0.3) is 6.08 Å². The van der Waals surface area contributed by atoms with Crippen LogP contribution in [0.4, 0.5) is 0 Å². The molecule has 0 aromatic heterocycles. The molecule has 0 radical (unpaired) electrons. The second kappa shape index (κ2) is 10.1. The average Bonchev–Trinajstić information content (AvgIpc) is 2.82. The van der Waals surface area contributed by atoms with Gasteiger partial charge >= 0.3 is 5.97 Å². The molecule has 3 aromatic rings. The number of benzene rings is 3. The van der Waals surface area contributed by atoms with Crippen LogP contribution in [0.5, 0.6) is 23.0 Å². The van der Waals surface area contributed by atoms with Crippen LogP contribution in [0.3, 0.4) is 0 Å². The molecule has 158 valence electrons. The standard InChI is InChI=1S/C25H22O6/c1-28-19-14-10-18(11-15-19)21(26)16-9-17-7-12-20(13-8-17)31-25(27)24-22(29-2)5-4-6-23(24)30-3/h4-16H,1-3H3/b16-9+. The van der Waals surface area contributed by atoms with E-state index in [2.05, 4.69) is 0 Å². The Bertz CT molecular complexity index is 1060. The molecule has 3 rings (SSSR count). The SMILES string of the molecule is COc1ccc(C(=O)/C=C/c2ccc(OC(=O)c3c(OC)cccc3OC)cc2)cc1. The van der Waals surface area contributed by atoms with Crippen LogP contribution in [0, 0.1) is 0 Å². The second-order valence-electron chi connectivity index (χ2n) is 6.42. The molecule has 0 aliphatic rings. The summed E-state index contributed by atoms with van der Waals surface area (Å²) in [7, 11) is 4.52. The van der Waals surface area contributed by atoms with Gasteiger partial charge in [-0.15, -0.1) is 0 Å². The number of allylic oxidation sites excluding steroid dienone is 1. The number of hydrogen-bond acceptors (Lipinski definition) is 6. The van der Waals surface area contributed by atoms with Crippen LogP contribution in [0.2, 0.25) is 0 Å². The Labute approximate surface area is 180 Å². The molecule has 6 nitrogen and oxygen atoms in total. The van der Waals surface area contributed by atoms with Gasteiger partial charge in [0, 0.05) is 5.56 Å². The Balaban J connectivity index is 1.68. The molecule has 0 spiro atoms. The van der Waals surface area contributed by atoms with Crippen molar-refractivity contribution in [1.82, 2.24) is 0 Å². The number of hydrogen-bond donors (Lipinski definition) is 0. The van der Waals surface area contributed by atoms with E-state index in [1.807, 2.05) is 0 Å². The van der Waals surface area contributed by atoms with Crippen LogP contribution in [0.15, 0.2) is 72.8 Å². The molecule has 0 N–H and O–H groups in total. The van der Waals surface area contributed by atoms with Crippen molar-refractivity contribution in [2.75, 3.05) is 21.3 Å². The summed E-state index contributed by atoms with van der Waals surface area (Å²) in [6.45, 7) is 0. The van der Waals surface area contributed by atoms with Gasteiger partial charge in [-0.25, -0.2) is 4.79 Å². The van der Waals surface area contributed by atoms with Crippen molar-refractivity contribution in [3.8, 4) is 23.0 Å². The number of methoxy groups -OCH3 is 3. The molecular formula is C25H22O6. The highest BCUT2D eigenvalue weighted by Gasteiger charge is 2.20. The van der Waals surface area contributed by atoms with Gasteiger partial charge in [-0.3, -0.25) is 4.79 Å². The van der Waals surface area contributed by atoms with Crippen molar-refractivity contribution in [3.05, 3.63) is 89.5 Å². The third-order valence-electron chi connectivity index (χ3n) is 4.52. The zero-order valence-corrected chi connectivity index (χ0v) is 17.5. The molecule has 31 heavy (non-hydrogen) atoms. The fraction of sp³-hybridized carbons (Fsp3) is 0.120. The lowest BCUT2D eigenvalue weighted by atomic mass is 10.1. The first-order valence-electron chi connectivity index (χ1n) is 9.45. The lowest BCUT2D eigenvalue weighted by molar-refractivity contribution is 0.0727. The Morgan fingerprint density at radius 3 is 1.84 bits per heavy atom. The number of ketones is 1. The van der Waals surface area contributed by atoms with E-state index < -0.39 is 5.97 Å². The van der Waals surface area contributed by atoms with Crippen molar-refractivity contribution < 1.29 is 28.5 Å². The van der Waals surface area contributed by atoms with Crippen molar-refractivity contribution in [2.45, 2.75) is 0 Å². The van der Waals surface area contributed by atoms with E-state index in [9.17, 15) is 9.59 Å². The van der Waals surface area contributed by atoms with Crippen molar-refractivity contribution in [3.63, 3.8) is 0 Å². The molecule has 0 aliphatic carbocycles. The fourth-order valence-corrected chi connectivity index (χ4v) is 2.88. The summed E-state index contributed by atoms with van der Waals surface area (Å²) in [6, 6.07) is 18.7. The van der Waals surface area contributed by atoms with E-state index in [0.29, 0.717) is 28.6 Å². The average molecular weight is 418 g/mol. The number of rotatable bonds is 8. The first kappa shape index (κ1) is 21.6. The minimum absolute atomic E-state index is 0.124. The molecule has 3 aromatic carbocycles. The van der Waals surface area contributed by atoms with Crippen molar-refractivity contribution in [2.24, 2.45) is 0 Å². The molecule has 0 fully saturated rings. The Morgan fingerprint density at radius 1 is 0.710 bits per heavy atom. The van der Waals surface area contributed by atoms with Gasteiger partial charge in [0.1, 0.15) is 28.6 Å². The number of esters is 1. The van der Waals surface area contributed by atoms with Crippen LogP contribution in [-0.4, -0.2) is 33.1 Å². The first-order chi connectivity index (χ1) is 15.0. The predicted octanol–water partition coefficient (Wildman–Crippen LogP) is 4.83. The van der Waals surface area contributed by atoms with Gasteiger partial charge in [0.2, 0.25) is 0 Å². The molecule has 0 saturated heterocycles. The van der Waals surface area contributed by atoms with E-state index in [0.717, 1.165) is 5.56 Å². The smallest absolute Gasteiger partial charge is 0.351 e. The lowest BCUT2D eigenvalue weighted by Gasteiger charge is -2.12. The molecule has 0 aliphatic heterocycles. The summed E-state index contributed by atoms with van der Waals surface area (Å²) in [4.78, 5) is 24.9. The molecule has 0 bridgehead atoms. The second-order valence-corrected chi connectivity index (χ2v) is 6.42. The van der Waals surface area contributed by atoms with Crippen LogP contribution < -0.4 is 18.9 Å². The summed E-state index contributed by atoms with van der Waals surface area (Å²) >= 11 is 0. The third kappa shape index (κ3) is 5.30. The van der Waals surface area contributed by atoms with Gasteiger partial charge in [-0.2, -0.15) is 0 Å². The maximum Gasteiger partial charge on any atom is 0.351 e. The zero-order chi connectivity index (χ0) is 22.2. The molecular weight excluding hydrogens is 396 g/mol. The van der Waals surface area contributed by atoms with Gasteiger partial charge in [0.25, 0.3) is 0 Å². The van der Waals surface area contributed by atoms with Crippen molar-refractivity contribution in [1.29, 1.82) is 0 Å². The Kier molecular flexibility index (Phi) is 7.06. The highest BCUT2D eigenvalue weighted by atomic mass is 16.5. The molecule has 6 heteroatoms. The van der Waals surface area contributed by atoms with E-state index >= 15 is 0 Å². The quantitative estimate of drug-likeness (QED) is 0.226. The van der Waals surface area contributed by atoms with Crippen LogP contribution >= 0.6 is 0 Å². The number of carbonyl (C=O) groups is 2. The van der Waals surface area contributed by atoms with E-state index in [1.54, 1.807) is 79.9 Å². The molecule has 0 atom stereocenters. The normalized spacial score (nSPS) is 10.5. The summed E-state index contributed by atoms with van der Waals surface area (Å²) in [6.07, 6.45) is 3.18. The van der Waals surface area contributed by atoms with Gasteiger partial charge in [-0.05, 0) is 60.2 Å². The maximum atomic E-state index is 12.6. The van der Waals surface area contributed by atoms with Crippen molar-refractivity contribution >= 4 is 17.8 Å². The summed E-state index contributed by atoms with van der Waals surface area (Å²) in [5.41, 5.74) is 1.56. The van der Waals surface area contributed by atoms with E-state index in [1.165, 1.54) is 20.3 Å². The van der Waals surface area contributed by atoms with Gasteiger partial charge in [0.05, 0.1) is 21.3 Å². The van der Waals surface area contributed by atoms with Gasteiger partial charge in [-0.1, -0.05) is 24.3 Å². The zero-order valence-electron chi connectivity index (χ0n) is 17.5. The fourth-order valence-electron chi connectivity index (χ4n) is 2.88. The molecule has 0 saturated carbocycles. The number of carbonyl (C=O) groups excluding carboxylic acids is 2. The highest BCUT2D eigenvalue weighted by Crippen LogP contribution is 2.29. The minimum atomic E-state index is -0.590. The summed E-state index contributed by atoms with van der Waals surface area (Å²) in [5, 5.41) is 0. The van der Waals surface area contributed by atoms with Crippen LogP contribution in [-0.2, 0) is 0 Å². The van der Waals surface area contributed by atoms with Gasteiger partial charge < -0.3 is 18.9 Å². The predicted molar refractivity (Wildman–Crippen MR) is 117 cm³/mol. The number of ether oxygens (including phenoxy) is 4.